The summed E-state index contributed by atoms with van der Waals surface area (Å²) >= 11 is 1.05. The number of sulfonamides is 1. The zero-order valence-electron chi connectivity index (χ0n) is 13.8. The Morgan fingerprint density at radius 1 is 1.38 bits per heavy atom. The van der Waals surface area contributed by atoms with Gasteiger partial charge in [-0.15, -0.1) is 17.9 Å². The van der Waals surface area contributed by atoms with E-state index in [1.54, 1.807) is 25.3 Å². The number of nitrogens with one attached hydrogen (secondary N) is 2. The zero-order valence-corrected chi connectivity index (χ0v) is 15.4. The number of rotatable bonds is 9. The molecule has 1 aromatic heterocycles. The van der Waals surface area contributed by atoms with Crippen LogP contribution in [0.5, 0.6) is 0 Å². The van der Waals surface area contributed by atoms with Gasteiger partial charge in [0.2, 0.25) is 0 Å². The molecule has 2 N–H and O–H groups in total. The molecule has 0 aliphatic rings. The van der Waals surface area contributed by atoms with E-state index in [1.807, 2.05) is 0 Å². The summed E-state index contributed by atoms with van der Waals surface area (Å²) in [7, 11) is -3.82. The average Bonchev–Trinajstić information content (AvgIpc) is 3.05. The molecule has 1 aromatic rings. The Kier molecular flexibility index (Phi) is 7.59. The van der Waals surface area contributed by atoms with Gasteiger partial charge in [0.25, 0.3) is 15.9 Å². The number of carbonyl (C=O) groups is 2. The Morgan fingerprint density at radius 3 is 2.54 bits per heavy atom. The van der Waals surface area contributed by atoms with Crippen LogP contribution in [0.3, 0.4) is 0 Å². The van der Waals surface area contributed by atoms with Gasteiger partial charge in [-0.1, -0.05) is 26.0 Å². The van der Waals surface area contributed by atoms with Gasteiger partial charge in [0, 0.05) is 6.54 Å². The van der Waals surface area contributed by atoms with Crippen LogP contribution in [-0.2, 0) is 24.3 Å². The number of esters is 1. The minimum atomic E-state index is -3.82. The van der Waals surface area contributed by atoms with Crippen LogP contribution >= 0.6 is 11.3 Å². The lowest BCUT2D eigenvalue weighted by atomic mass is 10.1. The molecule has 0 radical (unpaired) electrons. The van der Waals surface area contributed by atoms with Crippen molar-refractivity contribution in [3.63, 3.8) is 0 Å². The monoisotopic (exact) mass is 374 g/mol. The number of hydrogen-bond donors (Lipinski definition) is 2. The van der Waals surface area contributed by atoms with Crippen molar-refractivity contribution < 1.29 is 22.7 Å². The summed E-state index contributed by atoms with van der Waals surface area (Å²) < 4.78 is 32.1. The summed E-state index contributed by atoms with van der Waals surface area (Å²) in [5.74, 6) is -1.63. The van der Waals surface area contributed by atoms with Crippen molar-refractivity contribution in [2.75, 3.05) is 6.54 Å². The third-order valence-corrected chi connectivity index (χ3v) is 5.88. The van der Waals surface area contributed by atoms with Gasteiger partial charge in [0.1, 0.15) is 10.3 Å². The van der Waals surface area contributed by atoms with E-state index in [9.17, 15) is 18.0 Å². The largest absolute Gasteiger partial charge is 0.451 e. The van der Waals surface area contributed by atoms with E-state index in [1.165, 1.54) is 19.1 Å². The topological polar surface area (TPSA) is 102 Å². The van der Waals surface area contributed by atoms with Crippen LogP contribution < -0.4 is 10.0 Å². The zero-order chi connectivity index (χ0) is 18.3. The maximum absolute atomic E-state index is 12.3. The molecule has 0 saturated heterocycles. The van der Waals surface area contributed by atoms with Gasteiger partial charge >= 0.3 is 5.97 Å². The van der Waals surface area contributed by atoms with Crippen LogP contribution in [0.15, 0.2) is 34.4 Å². The second-order valence-electron chi connectivity index (χ2n) is 5.39. The smallest absolute Gasteiger partial charge is 0.325 e. The first-order valence-corrected chi connectivity index (χ1v) is 9.70. The lowest BCUT2D eigenvalue weighted by molar-refractivity contribution is -0.157. The van der Waals surface area contributed by atoms with Crippen molar-refractivity contribution in [2.24, 2.45) is 5.92 Å². The summed E-state index contributed by atoms with van der Waals surface area (Å²) in [5, 5.41) is 4.13. The fourth-order valence-corrected chi connectivity index (χ4v) is 4.06. The van der Waals surface area contributed by atoms with Gasteiger partial charge < -0.3 is 10.1 Å². The molecule has 0 fully saturated rings. The third kappa shape index (κ3) is 5.73. The summed E-state index contributed by atoms with van der Waals surface area (Å²) in [5.41, 5.74) is 0. The third-order valence-electron chi connectivity index (χ3n) is 3.05. The van der Waals surface area contributed by atoms with E-state index < -0.39 is 34.0 Å². The Bertz CT molecular complexity index is 668. The SMILES string of the molecule is C=CCNC(=O)[C@H](C)OC(=O)[C@@H](NS(=O)(=O)c1cccs1)C(C)C. The predicted octanol–water partition coefficient (Wildman–Crippen LogP) is 1.28. The molecule has 2 atom stereocenters. The molecule has 0 aliphatic heterocycles. The summed E-state index contributed by atoms with van der Waals surface area (Å²) in [6.07, 6.45) is 0.461. The van der Waals surface area contributed by atoms with Crippen molar-refractivity contribution in [1.82, 2.24) is 10.0 Å². The van der Waals surface area contributed by atoms with Crippen LogP contribution in [-0.4, -0.2) is 39.0 Å². The number of thiophene rings is 1. The quantitative estimate of drug-likeness (QED) is 0.501. The van der Waals surface area contributed by atoms with Crippen molar-refractivity contribution in [1.29, 1.82) is 0 Å². The van der Waals surface area contributed by atoms with Gasteiger partial charge in [-0.05, 0) is 24.3 Å². The summed E-state index contributed by atoms with van der Waals surface area (Å²) in [4.78, 5) is 24.0. The summed E-state index contributed by atoms with van der Waals surface area (Å²) in [6.45, 7) is 8.51. The van der Waals surface area contributed by atoms with Crippen molar-refractivity contribution in [3.05, 3.63) is 30.2 Å². The van der Waals surface area contributed by atoms with Crippen LogP contribution in [0.1, 0.15) is 20.8 Å². The van der Waals surface area contributed by atoms with E-state index >= 15 is 0 Å². The van der Waals surface area contributed by atoms with Crippen LogP contribution in [0.4, 0.5) is 0 Å². The molecular formula is C15H22N2O5S2. The normalized spacial score (nSPS) is 14.0. The minimum Gasteiger partial charge on any atom is -0.451 e. The standard InChI is InChI=1S/C15H22N2O5S2/c1-5-8-16-14(18)11(4)22-15(19)13(10(2)3)17-24(20,21)12-7-6-9-23-12/h5-7,9-11,13,17H,1,8H2,2-4H3,(H,16,18)/t11-,13-/m0/s1. The Hall–Kier alpha value is -1.71. The van der Waals surface area contributed by atoms with Crippen molar-refractivity contribution in [2.45, 2.75) is 37.1 Å². The number of carbonyl (C=O) groups excluding carboxylic acids is 2. The molecule has 0 aromatic carbocycles. The summed E-state index contributed by atoms with van der Waals surface area (Å²) in [6, 6.07) is 1.96. The van der Waals surface area contributed by atoms with Gasteiger partial charge in [-0.3, -0.25) is 9.59 Å². The molecule has 0 aliphatic carbocycles. The molecular weight excluding hydrogens is 352 g/mol. The van der Waals surface area contributed by atoms with Gasteiger partial charge in [0.05, 0.1) is 0 Å². The maximum atomic E-state index is 12.3. The highest BCUT2D eigenvalue weighted by molar-refractivity contribution is 7.91. The Morgan fingerprint density at radius 2 is 2.04 bits per heavy atom. The fourth-order valence-electron chi connectivity index (χ4n) is 1.72. The van der Waals surface area contributed by atoms with E-state index in [4.69, 9.17) is 4.74 Å². The lowest BCUT2D eigenvalue weighted by Crippen LogP contribution is -2.47. The molecule has 0 spiro atoms. The van der Waals surface area contributed by atoms with E-state index in [0.29, 0.717) is 0 Å². The molecule has 134 valence electrons. The van der Waals surface area contributed by atoms with Crippen molar-refractivity contribution >= 4 is 33.2 Å². The molecule has 9 heteroatoms. The highest BCUT2D eigenvalue weighted by Gasteiger charge is 2.32. The van der Waals surface area contributed by atoms with Crippen molar-refractivity contribution in [3.8, 4) is 0 Å². The van der Waals surface area contributed by atoms with Crippen LogP contribution in [0.2, 0.25) is 0 Å². The molecule has 7 nitrogen and oxygen atoms in total. The fraction of sp³-hybridized carbons (Fsp3) is 0.467. The first-order valence-electron chi connectivity index (χ1n) is 7.34. The van der Waals surface area contributed by atoms with Crippen LogP contribution in [0, 0.1) is 5.92 Å². The Labute approximate surface area is 146 Å². The first kappa shape index (κ1) is 20.3. The number of ether oxygens (including phenoxy) is 1. The molecule has 1 amide bonds. The molecule has 0 unspecified atom stereocenters. The van der Waals surface area contributed by atoms with Gasteiger partial charge in [-0.2, -0.15) is 4.72 Å². The molecule has 1 rings (SSSR count). The second kappa shape index (κ2) is 8.95. The van der Waals surface area contributed by atoms with E-state index in [0.717, 1.165) is 11.3 Å². The predicted molar refractivity (Wildman–Crippen MR) is 92.0 cm³/mol. The lowest BCUT2D eigenvalue weighted by Gasteiger charge is -2.22. The highest BCUT2D eigenvalue weighted by atomic mass is 32.2. The number of hydrogen-bond acceptors (Lipinski definition) is 6. The second-order valence-corrected chi connectivity index (χ2v) is 8.28. The van der Waals surface area contributed by atoms with Gasteiger partial charge in [-0.25, -0.2) is 8.42 Å². The molecule has 0 bridgehead atoms. The molecule has 0 saturated carbocycles. The van der Waals surface area contributed by atoms with Crippen LogP contribution in [0.25, 0.3) is 0 Å². The maximum Gasteiger partial charge on any atom is 0.325 e. The van der Waals surface area contributed by atoms with E-state index in [2.05, 4.69) is 16.6 Å². The van der Waals surface area contributed by atoms with E-state index in [-0.39, 0.29) is 16.7 Å². The first-order chi connectivity index (χ1) is 11.2. The minimum absolute atomic E-state index is 0.109. The molecule has 1 heterocycles. The highest BCUT2D eigenvalue weighted by Crippen LogP contribution is 2.18. The van der Waals surface area contributed by atoms with Gasteiger partial charge in [0.15, 0.2) is 6.10 Å². The Balaban J connectivity index is 2.79. The number of amides is 1. The molecule has 24 heavy (non-hydrogen) atoms. The average molecular weight is 374 g/mol.